The average Bonchev–Trinajstić information content (AvgIpc) is 2.91. The van der Waals surface area contributed by atoms with Gasteiger partial charge in [-0.1, -0.05) is 48.0 Å². The summed E-state index contributed by atoms with van der Waals surface area (Å²) in [6.45, 7) is 10.0. The van der Waals surface area contributed by atoms with E-state index < -0.39 is 12.0 Å². The molecule has 0 bridgehead atoms. The van der Waals surface area contributed by atoms with Gasteiger partial charge < -0.3 is 15.0 Å². The summed E-state index contributed by atoms with van der Waals surface area (Å²) >= 11 is 6.25. The Kier molecular flexibility index (Phi) is 8.86. The van der Waals surface area contributed by atoms with E-state index in [2.05, 4.69) is 16.8 Å². The summed E-state index contributed by atoms with van der Waals surface area (Å²) in [7, 11) is 0. The maximum atomic E-state index is 13.3. The molecule has 200 valence electrons. The molecule has 2 aromatic rings. The number of nitrogens with zero attached hydrogens (tertiary/aromatic N) is 3. The van der Waals surface area contributed by atoms with Crippen molar-refractivity contribution in [3.05, 3.63) is 94.7 Å². The summed E-state index contributed by atoms with van der Waals surface area (Å²) in [5.74, 6) is -0.497. The van der Waals surface area contributed by atoms with Crippen molar-refractivity contribution in [3.8, 4) is 0 Å². The van der Waals surface area contributed by atoms with Crippen LogP contribution < -0.4 is 5.32 Å². The van der Waals surface area contributed by atoms with Crippen LogP contribution in [0.25, 0.3) is 0 Å². The molecule has 8 nitrogen and oxygen atoms in total. The lowest BCUT2D eigenvalue weighted by molar-refractivity contribution is -0.139. The van der Waals surface area contributed by atoms with Crippen molar-refractivity contribution in [2.45, 2.75) is 25.9 Å². The largest absolute Gasteiger partial charge is 0.463 e. The predicted octanol–water partition coefficient (Wildman–Crippen LogP) is 4.26. The zero-order chi connectivity index (χ0) is 27.2. The van der Waals surface area contributed by atoms with Crippen LogP contribution in [-0.2, 0) is 9.53 Å². The van der Waals surface area contributed by atoms with Gasteiger partial charge in [0.15, 0.2) is 0 Å². The predicted molar refractivity (Wildman–Crippen MR) is 147 cm³/mol. The molecule has 3 amide bonds. The monoisotopic (exact) mass is 536 g/mol. The number of rotatable bonds is 8. The van der Waals surface area contributed by atoms with Crippen LogP contribution >= 0.6 is 11.6 Å². The second kappa shape index (κ2) is 12.3. The highest BCUT2D eigenvalue weighted by Gasteiger charge is 2.39. The number of hydrogen-bond donors (Lipinski definition) is 1. The number of nitrogens with one attached hydrogen (secondary N) is 1. The van der Waals surface area contributed by atoms with Crippen LogP contribution in [0.4, 0.5) is 4.79 Å². The average molecular weight is 537 g/mol. The van der Waals surface area contributed by atoms with Gasteiger partial charge in [-0.3, -0.25) is 14.6 Å². The Labute approximate surface area is 228 Å². The summed E-state index contributed by atoms with van der Waals surface area (Å²) < 4.78 is 5.46. The van der Waals surface area contributed by atoms with Crippen molar-refractivity contribution in [1.29, 1.82) is 0 Å². The lowest BCUT2D eigenvalue weighted by atomic mass is 9.94. The number of benzene rings is 2. The number of piperazine rings is 1. The summed E-state index contributed by atoms with van der Waals surface area (Å²) in [4.78, 5) is 45.3. The van der Waals surface area contributed by atoms with E-state index in [4.69, 9.17) is 16.3 Å². The fourth-order valence-electron chi connectivity index (χ4n) is 5.02. The SMILES string of the molecule is C=CCN1C(=O)N[C@@H](c2cccc(Cl)c2)C(C(=O)OCC)=C1CN1CCN(C(=O)c2ccccc2)[C@@H](C)C1. The van der Waals surface area contributed by atoms with E-state index in [1.54, 1.807) is 31.2 Å². The zero-order valence-electron chi connectivity index (χ0n) is 21.7. The van der Waals surface area contributed by atoms with Crippen molar-refractivity contribution in [3.63, 3.8) is 0 Å². The van der Waals surface area contributed by atoms with Crippen LogP contribution in [0.5, 0.6) is 0 Å². The summed E-state index contributed by atoms with van der Waals surface area (Å²) in [5.41, 5.74) is 2.28. The first kappa shape index (κ1) is 27.4. The maximum Gasteiger partial charge on any atom is 0.338 e. The first-order valence-electron chi connectivity index (χ1n) is 12.8. The molecule has 2 atom stereocenters. The van der Waals surface area contributed by atoms with E-state index in [9.17, 15) is 14.4 Å². The van der Waals surface area contributed by atoms with Crippen LogP contribution in [0.2, 0.25) is 5.02 Å². The quantitative estimate of drug-likeness (QED) is 0.403. The van der Waals surface area contributed by atoms with E-state index in [0.717, 1.165) is 0 Å². The molecule has 9 heteroatoms. The van der Waals surface area contributed by atoms with Crippen molar-refractivity contribution in [2.75, 3.05) is 39.3 Å². The number of carbonyl (C=O) groups is 3. The second-order valence-electron chi connectivity index (χ2n) is 9.37. The Morgan fingerprint density at radius 1 is 1.16 bits per heavy atom. The van der Waals surface area contributed by atoms with Crippen molar-refractivity contribution >= 4 is 29.5 Å². The minimum atomic E-state index is -0.713. The highest BCUT2D eigenvalue weighted by Crippen LogP contribution is 2.33. The molecule has 2 aliphatic rings. The van der Waals surface area contributed by atoms with E-state index in [0.29, 0.717) is 53.6 Å². The first-order valence-corrected chi connectivity index (χ1v) is 13.1. The third-order valence-electron chi connectivity index (χ3n) is 6.79. The Morgan fingerprint density at radius 2 is 1.92 bits per heavy atom. The number of halogens is 1. The molecule has 0 radical (unpaired) electrons. The standard InChI is InChI=1S/C29H33ClN4O4/c1-4-14-34-24(19-32-15-16-33(20(3)18-32)27(35)21-10-7-6-8-11-21)25(28(36)38-5-2)26(31-29(34)37)22-12-9-13-23(30)17-22/h4,6-13,17,20,26H,1,5,14-16,18-19H2,2-3H3,(H,31,37)/t20-,26-/m0/s1. The lowest BCUT2D eigenvalue weighted by Crippen LogP contribution is -2.56. The molecular weight excluding hydrogens is 504 g/mol. The van der Waals surface area contributed by atoms with E-state index in [-0.39, 0.29) is 31.1 Å². The van der Waals surface area contributed by atoms with Crippen LogP contribution in [-0.4, -0.2) is 78.0 Å². The smallest absolute Gasteiger partial charge is 0.338 e. The fourth-order valence-corrected chi connectivity index (χ4v) is 5.22. The highest BCUT2D eigenvalue weighted by molar-refractivity contribution is 6.30. The van der Waals surface area contributed by atoms with Gasteiger partial charge in [-0.25, -0.2) is 9.59 Å². The Balaban J connectivity index is 1.66. The van der Waals surface area contributed by atoms with Crippen LogP contribution in [0, 0.1) is 0 Å². The number of amides is 3. The Bertz CT molecular complexity index is 1230. The highest BCUT2D eigenvalue weighted by atomic mass is 35.5. The molecule has 0 unspecified atom stereocenters. The van der Waals surface area contributed by atoms with Crippen LogP contribution in [0.1, 0.15) is 35.8 Å². The lowest BCUT2D eigenvalue weighted by Gasteiger charge is -2.43. The van der Waals surface area contributed by atoms with Crippen molar-refractivity contribution in [2.24, 2.45) is 0 Å². The number of urea groups is 1. The Morgan fingerprint density at radius 3 is 2.58 bits per heavy atom. The van der Waals surface area contributed by atoms with Gasteiger partial charge in [0.25, 0.3) is 5.91 Å². The van der Waals surface area contributed by atoms with Gasteiger partial charge in [-0.05, 0) is 43.7 Å². The molecule has 0 saturated carbocycles. The zero-order valence-corrected chi connectivity index (χ0v) is 22.5. The van der Waals surface area contributed by atoms with E-state index in [1.165, 1.54) is 4.90 Å². The second-order valence-corrected chi connectivity index (χ2v) is 9.80. The van der Waals surface area contributed by atoms with Crippen LogP contribution in [0.3, 0.4) is 0 Å². The molecule has 2 aromatic carbocycles. The molecule has 1 fully saturated rings. The minimum Gasteiger partial charge on any atom is -0.463 e. The van der Waals surface area contributed by atoms with Crippen molar-refractivity contribution in [1.82, 2.24) is 20.0 Å². The van der Waals surface area contributed by atoms with Gasteiger partial charge in [0.2, 0.25) is 0 Å². The summed E-state index contributed by atoms with van der Waals surface area (Å²) in [5, 5.41) is 3.45. The number of ether oxygens (including phenoxy) is 1. The minimum absolute atomic E-state index is 0.00414. The van der Waals surface area contributed by atoms with E-state index in [1.807, 2.05) is 48.2 Å². The molecule has 0 spiro atoms. The normalized spacial score (nSPS) is 20.2. The van der Waals surface area contributed by atoms with Gasteiger partial charge >= 0.3 is 12.0 Å². The van der Waals surface area contributed by atoms with E-state index >= 15 is 0 Å². The first-order chi connectivity index (χ1) is 18.3. The topological polar surface area (TPSA) is 82.2 Å². The number of carbonyl (C=O) groups excluding carboxylic acids is 3. The molecule has 1 saturated heterocycles. The fraction of sp³-hybridized carbons (Fsp3) is 0.345. The molecule has 0 aromatic heterocycles. The summed E-state index contributed by atoms with van der Waals surface area (Å²) in [6.07, 6.45) is 1.63. The molecule has 1 N–H and O–H groups in total. The van der Waals surface area contributed by atoms with Gasteiger partial charge in [0.1, 0.15) is 0 Å². The van der Waals surface area contributed by atoms with Gasteiger partial charge in [0, 0.05) is 55.0 Å². The molecule has 2 aliphatic heterocycles. The molecule has 4 rings (SSSR count). The third-order valence-corrected chi connectivity index (χ3v) is 7.03. The molecule has 38 heavy (non-hydrogen) atoms. The maximum absolute atomic E-state index is 13.3. The molecule has 0 aliphatic carbocycles. The van der Waals surface area contributed by atoms with Crippen molar-refractivity contribution < 1.29 is 19.1 Å². The molecular formula is C29H33ClN4O4. The number of hydrogen-bond acceptors (Lipinski definition) is 5. The van der Waals surface area contributed by atoms with Gasteiger partial charge in [-0.15, -0.1) is 6.58 Å². The number of esters is 1. The van der Waals surface area contributed by atoms with Crippen LogP contribution in [0.15, 0.2) is 78.5 Å². The summed E-state index contributed by atoms with van der Waals surface area (Å²) in [6, 6.07) is 15.2. The van der Waals surface area contributed by atoms with Gasteiger partial charge in [0.05, 0.1) is 18.2 Å². The molecule has 2 heterocycles. The third kappa shape index (κ3) is 5.92. The van der Waals surface area contributed by atoms with Gasteiger partial charge in [-0.2, -0.15) is 0 Å². The Hall–Kier alpha value is -3.62.